The van der Waals surface area contributed by atoms with E-state index in [0.717, 1.165) is 31.5 Å². The molecule has 0 aliphatic carbocycles. The summed E-state index contributed by atoms with van der Waals surface area (Å²) in [5.41, 5.74) is -1.62. The molecule has 0 saturated carbocycles. The van der Waals surface area contributed by atoms with Crippen molar-refractivity contribution >= 4 is 34.6 Å². The molecule has 0 saturated heterocycles. The van der Waals surface area contributed by atoms with Gasteiger partial charge >= 0.3 is 12.4 Å². The Morgan fingerprint density at radius 2 is 1.58 bits per heavy atom. The molecule has 0 atom stereocenters. The van der Waals surface area contributed by atoms with Crippen molar-refractivity contribution in [2.45, 2.75) is 12.4 Å². The summed E-state index contributed by atoms with van der Waals surface area (Å²) in [6.45, 7) is 0. The Bertz CT molecular complexity index is 1280. The molecule has 5 nitrogen and oxygen atoms in total. The second kappa shape index (κ2) is 10.8. The SMILES string of the molecule is CNC(=CC(=Nc1ccccc1Cl)c1ccc(C(=O)Nc2ccc(C(F)(F)F)nc2)cc1)C(F)(F)F. The van der Waals surface area contributed by atoms with Crippen LogP contribution in [0.3, 0.4) is 0 Å². The molecule has 0 aliphatic rings. The van der Waals surface area contributed by atoms with E-state index in [-0.39, 0.29) is 33.2 Å². The first-order chi connectivity index (χ1) is 16.9. The van der Waals surface area contributed by atoms with E-state index in [4.69, 9.17) is 11.6 Å². The summed E-state index contributed by atoms with van der Waals surface area (Å²) in [7, 11) is 1.12. The number of anilines is 1. The van der Waals surface area contributed by atoms with Crippen molar-refractivity contribution in [3.63, 3.8) is 0 Å². The van der Waals surface area contributed by atoms with E-state index < -0.39 is 29.7 Å². The average Bonchev–Trinajstić information content (AvgIpc) is 2.82. The number of para-hydroxylation sites is 1. The third-order valence-electron chi connectivity index (χ3n) is 4.70. The normalized spacial score (nSPS) is 12.9. The molecule has 12 heteroatoms. The van der Waals surface area contributed by atoms with E-state index in [2.05, 4.69) is 20.6 Å². The number of benzene rings is 2. The number of hydrogen-bond acceptors (Lipinski definition) is 4. The molecule has 188 valence electrons. The van der Waals surface area contributed by atoms with Gasteiger partial charge in [0.2, 0.25) is 0 Å². The van der Waals surface area contributed by atoms with Crippen LogP contribution < -0.4 is 10.6 Å². The molecule has 3 rings (SSSR count). The zero-order chi connectivity index (χ0) is 26.5. The lowest BCUT2D eigenvalue weighted by Crippen LogP contribution is -2.24. The number of rotatable bonds is 6. The van der Waals surface area contributed by atoms with Crippen molar-refractivity contribution in [3.8, 4) is 0 Å². The lowest BCUT2D eigenvalue weighted by Gasteiger charge is -2.13. The maximum Gasteiger partial charge on any atom is 0.433 e. The fourth-order valence-corrected chi connectivity index (χ4v) is 3.09. The first-order valence-electron chi connectivity index (χ1n) is 10.1. The second-order valence-electron chi connectivity index (χ2n) is 7.22. The summed E-state index contributed by atoms with van der Waals surface area (Å²) in [5.74, 6) is -0.658. The van der Waals surface area contributed by atoms with E-state index in [1.807, 2.05) is 0 Å². The first-order valence-corrected chi connectivity index (χ1v) is 10.5. The molecule has 0 bridgehead atoms. The quantitative estimate of drug-likeness (QED) is 0.274. The minimum absolute atomic E-state index is 0.0322. The van der Waals surface area contributed by atoms with Crippen molar-refractivity contribution < 1.29 is 31.1 Å². The summed E-state index contributed by atoms with van der Waals surface area (Å²) in [6, 6.07) is 13.6. The standard InChI is InChI=1S/C24H17ClF6N4O/c1-32-21(24(29,30)31)12-19(35-18-5-3-2-4-17(18)25)14-6-8-15(9-7-14)22(36)34-16-10-11-20(33-13-16)23(26,27)28/h2-13,32H,1H3,(H,34,36). The van der Waals surface area contributed by atoms with E-state index in [1.54, 1.807) is 12.1 Å². The molecule has 2 aromatic carbocycles. The van der Waals surface area contributed by atoms with Crippen molar-refractivity contribution in [1.29, 1.82) is 0 Å². The van der Waals surface area contributed by atoms with Gasteiger partial charge in [0.15, 0.2) is 0 Å². The number of halogens is 7. The zero-order valence-corrected chi connectivity index (χ0v) is 19.1. The Morgan fingerprint density at radius 3 is 2.11 bits per heavy atom. The van der Waals surface area contributed by atoms with Crippen molar-refractivity contribution in [1.82, 2.24) is 10.3 Å². The highest BCUT2D eigenvalue weighted by molar-refractivity contribution is 6.33. The Morgan fingerprint density at radius 1 is 0.944 bits per heavy atom. The van der Waals surface area contributed by atoms with Crippen LogP contribution >= 0.6 is 11.6 Å². The van der Waals surface area contributed by atoms with Gasteiger partial charge in [-0.25, -0.2) is 9.98 Å². The molecule has 0 unspecified atom stereocenters. The Hall–Kier alpha value is -3.86. The number of carbonyl (C=O) groups is 1. The van der Waals surface area contributed by atoms with Crippen LogP contribution in [0.1, 0.15) is 21.6 Å². The minimum atomic E-state index is -4.68. The van der Waals surface area contributed by atoms with Crippen LogP contribution in [0.25, 0.3) is 0 Å². The van der Waals surface area contributed by atoms with Gasteiger partial charge in [-0.3, -0.25) is 4.79 Å². The maximum atomic E-state index is 13.3. The number of nitrogens with one attached hydrogen (secondary N) is 2. The van der Waals surface area contributed by atoms with E-state index in [0.29, 0.717) is 0 Å². The number of alkyl halides is 6. The third-order valence-corrected chi connectivity index (χ3v) is 5.02. The van der Waals surface area contributed by atoms with Gasteiger partial charge in [0, 0.05) is 18.2 Å². The molecule has 0 radical (unpaired) electrons. The fourth-order valence-electron chi connectivity index (χ4n) is 2.92. The van der Waals surface area contributed by atoms with E-state index in [9.17, 15) is 31.1 Å². The minimum Gasteiger partial charge on any atom is -0.384 e. The van der Waals surface area contributed by atoms with Crippen LogP contribution in [0.5, 0.6) is 0 Å². The van der Waals surface area contributed by atoms with Gasteiger partial charge in [0.1, 0.15) is 11.4 Å². The topological polar surface area (TPSA) is 66.4 Å². The number of pyridine rings is 1. The Kier molecular flexibility index (Phi) is 8.03. The lowest BCUT2D eigenvalue weighted by atomic mass is 10.1. The van der Waals surface area contributed by atoms with Crippen LogP contribution in [-0.4, -0.2) is 29.8 Å². The highest BCUT2D eigenvalue weighted by Gasteiger charge is 2.33. The van der Waals surface area contributed by atoms with E-state index in [1.165, 1.54) is 36.4 Å². The largest absolute Gasteiger partial charge is 0.433 e. The monoisotopic (exact) mass is 526 g/mol. The molecule has 2 N–H and O–H groups in total. The van der Waals surface area contributed by atoms with Crippen LogP contribution in [0.4, 0.5) is 37.7 Å². The number of amides is 1. The molecular weight excluding hydrogens is 510 g/mol. The van der Waals surface area contributed by atoms with Gasteiger partial charge < -0.3 is 10.6 Å². The summed E-state index contributed by atoms with van der Waals surface area (Å²) in [4.78, 5) is 20.0. The van der Waals surface area contributed by atoms with Crippen molar-refractivity contribution in [2.75, 3.05) is 12.4 Å². The maximum absolute atomic E-state index is 13.3. The summed E-state index contributed by atoms with van der Waals surface area (Å²) in [5, 5.41) is 4.73. The number of allylic oxidation sites excluding steroid dienone is 2. The molecule has 3 aromatic rings. The Labute approximate surface area is 206 Å². The Balaban J connectivity index is 1.90. The number of carbonyl (C=O) groups excluding carboxylic acids is 1. The smallest absolute Gasteiger partial charge is 0.384 e. The lowest BCUT2D eigenvalue weighted by molar-refractivity contribution is -0.141. The number of aliphatic imine (C=N–C) groups is 1. The molecule has 1 amide bonds. The summed E-state index contributed by atoms with van der Waals surface area (Å²) >= 11 is 6.11. The highest BCUT2D eigenvalue weighted by atomic mass is 35.5. The average molecular weight is 527 g/mol. The van der Waals surface area contributed by atoms with E-state index >= 15 is 0 Å². The number of hydrogen-bond donors (Lipinski definition) is 2. The zero-order valence-electron chi connectivity index (χ0n) is 18.4. The molecule has 0 spiro atoms. The van der Waals surface area contributed by atoms with Crippen LogP contribution in [0.2, 0.25) is 5.02 Å². The highest BCUT2D eigenvalue weighted by Crippen LogP contribution is 2.29. The van der Waals surface area contributed by atoms with Crippen LogP contribution in [0, 0.1) is 0 Å². The van der Waals surface area contributed by atoms with Crippen molar-refractivity contribution in [2.24, 2.45) is 4.99 Å². The third kappa shape index (κ3) is 6.85. The first kappa shape index (κ1) is 26.7. The molecule has 36 heavy (non-hydrogen) atoms. The number of nitrogens with zero attached hydrogens (tertiary/aromatic N) is 2. The van der Waals surface area contributed by atoms with Gasteiger partial charge in [0.05, 0.1) is 28.3 Å². The molecular formula is C24H17ClF6N4O. The van der Waals surface area contributed by atoms with Gasteiger partial charge in [-0.2, -0.15) is 26.3 Å². The predicted octanol–water partition coefficient (Wildman–Crippen LogP) is 6.79. The van der Waals surface area contributed by atoms with Gasteiger partial charge in [0.25, 0.3) is 5.91 Å². The van der Waals surface area contributed by atoms with Gasteiger partial charge in [-0.05, 0) is 42.5 Å². The van der Waals surface area contributed by atoms with Gasteiger partial charge in [-0.1, -0.05) is 35.9 Å². The van der Waals surface area contributed by atoms with Crippen LogP contribution in [0.15, 0.2) is 83.6 Å². The predicted molar refractivity (Wildman–Crippen MR) is 124 cm³/mol. The molecule has 1 heterocycles. The second-order valence-corrected chi connectivity index (χ2v) is 7.62. The fraction of sp³-hybridized carbons (Fsp3) is 0.125. The van der Waals surface area contributed by atoms with Gasteiger partial charge in [-0.15, -0.1) is 0 Å². The summed E-state index contributed by atoms with van der Waals surface area (Å²) < 4.78 is 78.0. The molecule has 0 fully saturated rings. The number of aromatic nitrogens is 1. The van der Waals surface area contributed by atoms with Crippen LogP contribution in [-0.2, 0) is 6.18 Å². The molecule has 1 aromatic heterocycles. The van der Waals surface area contributed by atoms with Crippen molar-refractivity contribution in [3.05, 3.63) is 100 Å². The molecule has 0 aliphatic heterocycles. The summed E-state index contributed by atoms with van der Waals surface area (Å²) in [6.07, 6.45) is -7.61.